The van der Waals surface area contributed by atoms with Crippen LogP contribution < -0.4 is 9.64 Å². The molecule has 4 rings (SSSR count). The maximum Gasteiger partial charge on any atom is 0.184 e. The van der Waals surface area contributed by atoms with Crippen molar-refractivity contribution in [3.8, 4) is 16.9 Å². The Morgan fingerprint density at radius 1 is 1.18 bits per heavy atom. The number of hydrogen-bond donors (Lipinski definition) is 0. The van der Waals surface area contributed by atoms with E-state index in [1.54, 1.807) is 7.11 Å². The molecular weight excluding hydrogens is 390 g/mol. The van der Waals surface area contributed by atoms with Crippen LogP contribution in [0, 0.1) is 0 Å². The molecule has 0 fully saturated rings. The standard InChI is InChI=1S/C22H22ClN3OS/c1-22(2,3)17-12-15(26-9-5-8-24-13-26)11-16(20(17)27-4)14-6-7-18-19(10-14)28-21(23)25-18/h5-12H,13H2,1-4H3. The fraction of sp³-hybridized carbons (Fsp3) is 0.273. The summed E-state index contributed by atoms with van der Waals surface area (Å²) in [6.07, 6.45) is 5.83. The zero-order chi connectivity index (χ0) is 19.9. The predicted molar refractivity (Wildman–Crippen MR) is 120 cm³/mol. The number of ether oxygens (including phenoxy) is 1. The molecule has 2 heterocycles. The van der Waals surface area contributed by atoms with Gasteiger partial charge in [-0.05, 0) is 41.3 Å². The van der Waals surface area contributed by atoms with Crippen LogP contribution >= 0.6 is 22.9 Å². The average molecular weight is 412 g/mol. The summed E-state index contributed by atoms with van der Waals surface area (Å²) in [6.45, 7) is 7.22. The number of aliphatic imine (C=N–C) groups is 1. The van der Waals surface area contributed by atoms with Crippen molar-refractivity contribution >= 4 is 45.1 Å². The van der Waals surface area contributed by atoms with Gasteiger partial charge in [0.25, 0.3) is 0 Å². The molecule has 2 aromatic carbocycles. The van der Waals surface area contributed by atoms with Crippen LogP contribution in [-0.2, 0) is 5.41 Å². The summed E-state index contributed by atoms with van der Waals surface area (Å²) in [6, 6.07) is 10.6. The fourth-order valence-electron chi connectivity index (χ4n) is 3.39. The smallest absolute Gasteiger partial charge is 0.184 e. The van der Waals surface area contributed by atoms with Crippen LogP contribution in [0.5, 0.6) is 5.75 Å². The highest BCUT2D eigenvalue weighted by Crippen LogP contribution is 2.43. The molecule has 0 spiro atoms. The van der Waals surface area contributed by atoms with Crippen molar-refractivity contribution < 1.29 is 4.74 Å². The zero-order valence-corrected chi connectivity index (χ0v) is 17.9. The molecule has 4 nitrogen and oxygen atoms in total. The highest BCUT2D eigenvalue weighted by atomic mass is 35.5. The van der Waals surface area contributed by atoms with Gasteiger partial charge in [0.05, 0.1) is 17.3 Å². The van der Waals surface area contributed by atoms with E-state index in [4.69, 9.17) is 16.3 Å². The minimum absolute atomic E-state index is 0.0726. The fourth-order valence-corrected chi connectivity index (χ4v) is 4.46. The van der Waals surface area contributed by atoms with Crippen molar-refractivity contribution in [2.24, 2.45) is 4.99 Å². The number of halogens is 1. The van der Waals surface area contributed by atoms with Gasteiger partial charge in [0.15, 0.2) is 4.47 Å². The Bertz CT molecular complexity index is 1100. The third-order valence-electron chi connectivity index (χ3n) is 4.78. The number of thiazole rings is 1. The Balaban J connectivity index is 1.94. The van der Waals surface area contributed by atoms with E-state index in [0.717, 1.165) is 38.3 Å². The van der Waals surface area contributed by atoms with Crippen molar-refractivity contribution in [1.82, 2.24) is 4.98 Å². The number of methoxy groups -OCH3 is 1. The van der Waals surface area contributed by atoms with E-state index in [2.05, 4.69) is 66.1 Å². The Morgan fingerprint density at radius 3 is 2.68 bits per heavy atom. The molecule has 0 saturated heterocycles. The highest BCUT2D eigenvalue weighted by Gasteiger charge is 2.24. The molecule has 0 amide bonds. The highest BCUT2D eigenvalue weighted by molar-refractivity contribution is 7.22. The van der Waals surface area contributed by atoms with E-state index in [9.17, 15) is 0 Å². The molecule has 0 saturated carbocycles. The SMILES string of the molecule is COc1c(-c2ccc3nc(Cl)sc3c2)cc(N2C=CC=NC2)cc1C(C)(C)C. The number of aromatic nitrogens is 1. The monoisotopic (exact) mass is 411 g/mol. The second-order valence-corrected chi connectivity index (χ2v) is 9.37. The zero-order valence-electron chi connectivity index (χ0n) is 16.4. The van der Waals surface area contributed by atoms with Gasteiger partial charge < -0.3 is 9.64 Å². The van der Waals surface area contributed by atoms with Gasteiger partial charge >= 0.3 is 0 Å². The first-order chi connectivity index (χ1) is 13.4. The van der Waals surface area contributed by atoms with E-state index in [-0.39, 0.29) is 5.41 Å². The van der Waals surface area contributed by atoms with Crippen LogP contribution in [0.4, 0.5) is 5.69 Å². The molecule has 1 aliphatic heterocycles. The second kappa shape index (κ2) is 7.22. The summed E-state index contributed by atoms with van der Waals surface area (Å²) < 4.78 is 7.53. The molecule has 0 unspecified atom stereocenters. The van der Waals surface area contributed by atoms with Crippen LogP contribution in [0.25, 0.3) is 21.3 Å². The molecule has 1 aromatic heterocycles. The third kappa shape index (κ3) is 3.52. The van der Waals surface area contributed by atoms with Gasteiger partial charge in [-0.2, -0.15) is 0 Å². The van der Waals surface area contributed by atoms with Crippen molar-refractivity contribution in [3.05, 3.63) is 52.6 Å². The van der Waals surface area contributed by atoms with Crippen LogP contribution in [0.3, 0.4) is 0 Å². The molecule has 0 radical (unpaired) electrons. The second-order valence-electron chi connectivity index (χ2n) is 7.76. The van der Waals surface area contributed by atoms with Gasteiger partial charge in [-0.1, -0.05) is 38.4 Å². The molecule has 28 heavy (non-hydrogen) atoms. The summed E-state index contributed by atoms with van der Waals surface area (Å²) in [5.74, 6) is 0.899. The lowest BCUT2D eigenvalue weighted by atomic mass is 9.83. The summed E-state index contributed by atoms with van der Waals surface area (Å²) in [4.78, 5) is 10.9. The lowest BCUT2D eigenvalue weighted by molar-refractivity contribution is 0.399. The molecule has 0 bridgehead atoms. The Kier molecular flexibility index (Phi) is 4.89. The van der Waals surface area contributed by atoms with Crippen molar-refractivity contribution in [1.29, 1.82) is 0 Å². The average Bonchev–Trinajstić information content (AvgIpc) is 3.06. The van der Waals surface area contributed by atoms with E-state index in [1.807, 2.05) is 18.4 Å². The number of benzene rings is 2. The number of rotatable bonds is 3. The molecule has 1 aliphatic rings. The lowest BCUT2D eigenvalue weighted by Crippen LogP contribution is -2.20. The molecule has 0 aliphatic carbocycles. The number of anilines is 1. The quantitative estimate of drug-likeness (QED) is 0.508. The van der Waals surface area contributed by atoms with Crippen molar-refractivity contribution in [3.63, 3.8) is 0 Å². The topological polar surface area (TPSA) is 37.7 Å². The molecule has 144 valence electrons. The maximum atomic E-state index is 6.11. The van der Waals surface area contributed by atoms with Crippen LogP contribution in [0.2, 0.25) is 4.47 Å². The third-order valence-corrected chi connectivity index (χ3v) is 5.90. The summed E-state index contributed by atoms with van der Waals surface area (Å²) in [5.41, 5.74) is 5.24. The first-order valence-corrected chi connectivity index (χ1v) is 10.3. The molecular formula is C22H22ClN3OS. The summed E-state index contributed by atoms with van der Waals surface area (Å²) >= 11 is 7.60. The van der Waals surface area contributed by atoms with E-state index >= 15 is 0 Å². The Labute approximate surface area is 174 Å². The molecule has 3 aromatic rings. The van der Waals surface area contributed by atoms with Crippen molar-refractivity contribution in [2.45, 2.75) is 26.2 Å². The number of nitrogens with zero attached hydrogens (tertiary/aromatic N) is 3. The largest absolute Gasteiger partial charge is 0.496 e. The van der Waals surface area contributed by atoms with Crippen LogP contribution in [-0.4, -0.2) is 25.0 Å². The van der Waals surface area contributed by atoms with Gasteiger partial charge in [-0.25, -0.2) is 4.98 Å². The molecule has 0 atom stereocenters. The maximum absolute atomic E-state index is 6.11. The van der Waals surface area contributed by atoms with Gasteiger partial charge in [0.2, 0.25) is 0 Å². The number of allylic oxidation sites excluding steroid dienone is 1. The van der Waals surface area contributed by atoms with Gasteiger partial charge in [-0.3, -0.25) is 4.99 Å². The Morgan fingerprint density at radius 2 is 2.00 bits per heavy atom. The van der Waals surface area contributed by atoms with Crippen molar-refractivity contribution in [2.75, 3.05) is 18.7 Å². The lowest BCUT2D eigenvalue weighted by Gasteiger charge is -2.28. The van der Waals surface area contributed by atoms with Gasteiger partial charge in [0.1, 0.15) is 12.4 Å². The predicted octanol–water partition coefficient (Wildman–Crippen LogP) is 6.28. The van der Waals surface area contributed by atoms with E-state index in [1.165, 1.54) is 11.3 Å². The van der Waals surface area contributed by atoms with Gasteiger partial charge in [-0.15, -0.1) is 11.3 Å². The summed E-state index contributed by atoms with van der Waals surface area (Å²) in [5, 5.41) is 0. The minimum Gasteiger partial charge on any atom is -0.496 e. The van der Waals surface area contributed by atoms with Crippen LogP contribution in [0.1, 0.15) is 26.3 Å². The molecule has 0 N–H and O–H groups in total. The number of hydrogen-bond acceptors (Lipinski definition) is 5. The summed E-state index contributed by atoms with van der Waals surface area (Å²) in [7, 11) is 1.74. The van der Waals surface area contributed by atoms with Gasteiger partial charge in [0, 0.05) is 29.2 Å². The normalized spacial score (nSPS) is 14.1. The minimum atomic E-state index is -0.0726. The van der Waals surface area contributed by atoms with E-state index < -0.39 is 0 Å². The molecule has 6 heteroatoms. The Hall–Kier alpha value is -2.37. The van der Waals surface area contributed by atoms with E-state index in [0.29, 0.717) is 11.1 Å². The first-order valence-electron chi connectivity index (χ1n) is 9.09. The number of fused-ring (bicyclic) bond motifs is 1. The first kappa shape index (κ1) is 19.0. The van der Waals surface area contributed by atoms with Crippen LogP contribution in [0.15, 0.2) is 47.6 Å².